The number of aryl methyl sites for hydroxylation is 1. The van der Waals surface area contributed by atoms with Crippen molar-refractivity contribution in [2.24, 2.45) is 5.92 Å². The number of nitrogens with zero attached hydrogens (tertiary/aromatic N) is 4. The molecule has 1 aromatic carbocycles. The lowest BCUT2D eigenvalue weighted by Gasteiger charge is -2.36. The SMILES string of the molecule is Cc1ccc([N+](=O)[O-])cc1S(=O)(=O)N1CCC(C(=O)N(C2CC2)C(C)c2ccccn2)CC1. The molecule has 2 aromatic rings. The van der Waals surface area contributed by atoms with E-state index in [1.165, 1.54) is 16.4 Å². The van der Waals surface area contributed by atoms with Gasteiger partial charge in [-0.2, -0.15) is 4.31 Å². The van der Waals surface area contributed by atoms with Gasteiger partial charge in [0, 0.05) is 43.4 Å². The molecule has 1 unspecified atom stereocenters. The van der Waals surface area contributed by atoms with Gasteiger partial charge in [-0.3, -0.25) is 19.9 Å². The molecule has 4 rings (SSSR count). The lowest BCUT2D eigenvalue weighted by Crippen LogP contribution is -2.46. The van der Waals surface area contributed by atoms with E-state index in [2.05, 4.69) is 4.98 Å². The van der Waals surface area contributed by atoms with Crippen molar-refractivity contribution in [3.05, 3.63) is 64.0 Å². The number of carbonyl (C=O) groups excluding carboxylic acids is 1. The van der Waals surface area contributed by atoms with Gasteiger partial charge in [-0.05, 0) is 57.2 Å². The molecule has 1 saturated carbocycles. The third-order valence-electron chi connectivity index (χ3n) is 6.53. The third kappa shape index (κ3) is 4.77. The number of aromatic nitrogens is 1. The Morgan fingerprint density at radius 1 is 1.18 bits per heavy atom. The van der Waals surface area contributed by atoms with Crippen LogP contribution in [0.3, 0.4) is 0 Å². The molecule has 2 aliphatic rings. The summed E-state index contributed by atoms with van der Waals surface area (Å²) in [5.41, 5.74) is 1.05. The highest BCUT2D eigenvalue weighted by Crippen LogP contribution is 2.37. The van der Waals surface area contributed by atoms with Crippen molar-refractivity contribution < 1.29 is 18.1 Å². The Morgan fingerprint density at radius 2 is 1.88 bits per heavy atom. The maximum Gasteiger partial charge on any atom is 0.270 e. The van der Waals surface area contributed by atoms with Gasteiger partial charge in [0.25, 0.3) is 5.69 Å². The number of carbonyl (C=O) groups is 1. The molecular weight excluding hydrogens is 444 g/mol. The molecule has 1 aromatic heterocycles. The summed E-state index contributed by atoms with van der Waals surface area (Å²) < 4.78 is 27.7. The topological polar surface area (TPSA) is 114 Å². The van der Waals surface area contributed by atoms with Crippen LogP contribution in [0, 0.1) is 23.0 Å². The lowest BCUT2D eigenvalue weighted by molar-refractivity contribution is -0.385. The first-order valence-corrected chi connectivity index (χ1v) is 12.6. The summed E-state index contributed by atoms with van der Waals surface area (Å²) in [7, 11) is -3.89. The maximum atomic E-state index is 13.4. The first-order valence-electron chi connectivity index (χ1n) is 11.2. The second kappa shape index (κ2) is 9.18. The average molecular weight is 473 g/mol. The van der Waals surface area contributed by atoms with Crippen molar-refractivity contribution >= 4 is 21.6 Å². The summed E-state index contributed by atoms with van der Waals surface area (Å²) in [5.74, 6) is -0.200. The molecule has 0 radical (unpaired) electrons. The van der Waals surface area contributed by atoms with E-state index < -0.39 is 14.9 Å². The Hall–Kier alpha value is -2.85. The van der Waals surface area contributed by atoms with E-state index in [4.69, 9.17) is 0 Å². The summed E-state index contributed by atoms with van der Waals surface area (Å²) in [6.07, 6.45) is 4.51. The molecule has 33 heavy (non-hydrogen) atoms. The van der Waals surface area contributed by atoms with Crippen LogP contribution in [0.15, 0.2) is 47.5 Å². The smallest absolute Gasteiger partial charge is 0.270 e. The van der Waals surface area contributed by atoms with Crippen molar-refractivity contribution in [1.82, 2.24) is 14.2 Å². The fraction of sp³-hybridized carbons (Fsp3) is 0.478. The number of hydrogen-bond donors (Lipinski definition) is 0. The van der Waals surface area contributed by atoms with Crippen LogP contribution in [0.2, 0.25) is 0 Å². The van der Waals surface area contributed by atoms with Crippen molar-refractivity contribution in [2.45, 2.75) is 56.5 Å². The predicted octanol–water partition coefficient (Wildman–Crippen LogP) is 3.45. The molecule has 1 atom stereocenters. The molecule has 0 bridgehead atoms. The second-order valence-electron chi connectivity index (χ2n) is 8.79. The minimum atomic E-state index is -3.89. The van der Waals surface area contributed by atoms with Crippen LogP contribution in [-0.4, -0.2) is 52.6 Å². The summed E-state index contributed by atoms with van der Waals surface area (Å²) in [4.78, 5) is 30.3. The van der Waals surface area contributed by atoms with Crippen LogP contribution in [-0.2, 0) is 14.8 Å². The van der Waals surface area contributed by atoms with Crippen LogP contribution in [0.25, 0.3) is 0 Å². The van der Waals surface area contributed by atoms with Gasteiger partial charge in [0.05, 0.1) is 21.6 Å². The predicted molar refractivity (Wildman–Crippen MR) is 122 cm³/mol. The lowest BCUT2D eigenvalue weighted by atomic mass is 9.95. The largest absolute Gasteiger partial charge is 0.331 e. The fourth-order valence-corrected chi connectivity index (χ4v) is 6.19. The van der Waals surface area contributed by atoms with Crippen LogP contribution < -0.4 is 0 Å². The molecule has 176 valence electrons. The quantitative estimate of drug-likeness (QED) is 0.450. The zero-order chi connectivity index (χ0) is 23.8. The van der Waals surface area contributed by atoms with Crippen LogP contribution in [0.5, 0.6) is 0 Å². The van der Waals surface area contributed by atoms with Crippen molar-refractivity contribution in [3.63, 3.8) is 0 Å². The van der Waals surface area contributed by atoms with Gasteiger partial charge in [0.1, 0.15) is 0 Å². The Labute approximate surface area is 193 Å². The van der Waals surface area contributed by atoms with E-state index in [0.717, 1.165) is 24.6 Å². The highest BCUT2D eigenvalue weighted by atomic mass is 32.2. The number of non-ortho nitro benzene ring substituents is 1. The normalized spacial score (nSPS) is 18.6. The van der Waals surface area contributed by atoms with Gasteiger partial charge in [0.15, 0.2) is 0 Å². The summed E-state index contributed by atoms with van der Waals surface area (Å²) in [6, 6.07) is 9.62. The standard InChI is InChI=1S/C23H28N4O5S/c1-16-6-7-20(27(29)30)15-22(16)33(31,32)25-13-10-18(11-14-25)23(28)26(19-8-9-19)17(2)21-5-3-4-12-24-21/h3-7,12,15,17-19H,8-11,13-14H2,1-2H3. The molecule has 0 spiro atoms. The van der Waals surface area contributed by atoms with Gasteiger partial charge in [-0.25, -0.2) is 8.42 Å². The third-order valence-corrected chi connectivity index (χ3v) is 8.57. The van der Waals surface area contributed by atoms with E-state index in [9.17, 15) is 23.3 Å². The number of rotatable bonds is 7. The molecule has 10 heteroatoms. The number of piperidine rings is 1. The van der Waals surface area contributed by atoms with Crippen LogP contribution in [0.4, 0.5) is 5.69 Å². The number of amides is 1. The van der Waals surface area contributed by atoms with Crippen molar-refractivity contribution in [1.29, 1.82) is 0 Å². The van der Waals surface area contributed by atoms with E-state index in [-0.39, 0.29) is 47.6 Å². The number of hydrogen-bond acceptors (Lipinski definition) is 6. The van der Waals surface area contributed by atoms with Crippen molar-refractivity contribution in [3.8, 4) is 0 Å². The van der Waals surface area contributed by atoms with Crippen LogP contribution in [0.1, 0.15) is 49.9 Å². The summed E-state index contributed by atoms with van der Waals surface area (Å²) in [6.45, 7) is 4.03. The molecule has 1 aliphatic carbocycles. The van der Waals surface area contributed by atoms with E-state index in [0.29, 0.717) is 18.4 Å². The Balaban J connectivity index is 1.47. The molecule has 1 aliphatic heterocycles. The van der Waals surface area contributed by atoms with Gasteiger partial charge >= 0.3 is 0 Å². The Kier molecular flexibility index (Phi) is 6.49. The minimum Gasteiger partial charge on any atom is -0.331 e. The monoisotopic (exact) mass is 472 g/mol. The first kappa shape index (κ1) is 23.3. The van der Waals surface area contributed by atoms with E-state index >= 15 is 0 Å². The number of pyridine rings is 1. The van der Waals surface area contributed by atoms with Gasteiger partial charge < -0.3 is 4.90 Å². The minimum absolute atomic E-state index is 0.0511. The zero-order valence-electron chi connectivity index (χ0n) is 18.8. The number of sulfonamides is 1. The molecular formula is C23H28N4O5S. The van der Waals surface area contributed by atoms with E-state index in [1.54, 1.807) is 13.1 Å². The number of nitro groups is 1. The van der Waals surface area contributed by atoms with Gasteiger partial charge in [-0.1, -0.05) is 12.1 Å². The van der Waals surface area contributed by atoms with E-state index in [1.807, 2.05) is 30.0 Å². The average Bonchev–Trinajstić information content (AvgIpc) is 3.65. The summed E-state index contributed by atoms with van der Waals surface area (Å²) >= 11 is 0. The van der Waals surface area contributed by atoms with Gasteiger partial charge in [-0.15, -0.1) is 0 Å². The molecule has 2 fully saturated rings. The molecule has 9 nitrogen and oxygen atoms in total. The van der Waals surface area contributed by atoms with Gasteiger partial charge in [0.2, 0.25) is 15.9 Å². The highest BCUT2D eigenvalue weighted by Gasteiger charge is 2.41. The van der Waals surface area contributed by atoms with Crippen LogP contribution >= 0.6 is 0 Å². The first-order chi connectivity index (χ1) is 15.7. The fourth-order valence-electron chi connectivity index (χ4n) is 4.48. The maximum absolute atomic E-state index is 13.4. The second-order valence-corrected chi connectivity index (χ2v) is 10.7. The summed E-state index contributed by atoms with van der Waals surface area (Å²) in [5, 5.41) is 11.1. The highest BCUT2D eigenvalue weighted by molar-refractivity contribution is 7.89. The molecule has 2 heterocycles. The molecule has 1 saturated heterocycles. The Bertz CT molecular complexity index is 1140. The Morgan fingerprint density at radius 3 is 2.45 bits per heavy atom. The number of nitro benzene ring substituents is 1. The molecule has 1 amide bonds. The van der Waals surface area contributed by atoms with Crippen molar-refractivity contribution in [2.75, 3.05) is 13.1 Å². The zero-order valence-corrected chi connectivity index (χ0v) is 19.6. The molecule has 0 N–H and O–H groups in total. The number of benzene rings is 1.